The third kappa shape index (κ3) is 5.15. The van der Waals surface area contributed by atoms with Crippen LogP contribution in [0.5, 0.6) is 0 Å². The quantitative estimate of drug-likeness (QED) is 0.367. The SMILES string of the molecule is Clc1c[c-]ncc1.[Br-].[Mg+2]. The van der Waals surface area contributed by atoms with Crippen molar-refractivity contribution < 1.29 is 17.0 Å². The Morgan fingerprint density at radius 2 is 2.22 bits per heavy atom. The van der Waals surface area contributed by atoms with Crippen LogP contribution >= 0.6 is 11.6 Å². The molecule has 1 heterocycles. The molecular formula is C5H3BrClMgN. The summed E-state index contributed by atoms with van der Waals surface area (Å²) in [4.78, 5) is 3.64. The second-order valence-electron chi connectivity index (χ2n) is 1.10. The molecule has 0 radical (unpaired) electrons. The summed E-state index contributed by atoms with van der Waals surface area (Å²) in [6.45, 7) is 0. The van der Waals surface area contributed by atoms with Crippen LogP contribution in [0.4, 0.5) is 0 Å². The summed E-state index contributed by atoms with van der Waals surface area (Å²) in [5.74, 6) is 0. The van der Waals surface area contributed by atoms with Gasteiger partial charge in [-0.25, -0.2) is 0 Å². The maximum absolute atomic E-state index is 5.47. The van der Waals surface area contributed by atoms with Crippen LogP contribution in [0, 0.1) is 6.20 Å². The number of hydrogen-bond acceptors (Lipinski definition) is 1. The van der Waals surface area contributed by atoms with Crippen LogP contribution < -0.4 is 17.0 Å². The number of rotatable bonds is 0. The van der Waals surface area contributed by atoms with E-state index in [2.05, 4.69) is 11.2 Å². The fourth-order valence-electron chi connectivity index (χ4n) is 0.299. The van der Waals surface area contributed by atoms with Crippen molar-refractivity contribution in [2.75, 3.05) is 0 Å². The van der Waals surface area contributed by atoms with E-state index in [4.69, 9.17) is 11.6 Å². The molecule has 0 saturated carbocycles. The number of pyridine rings is 1. The Morgan fingerprint density at radius 1 is 1.56 bits per heavy atom. The van der Waals surface area contributed by atoms with Gasteiger partial charge in [-0.15, -0.1) is 12.1 Å². The van der Waals surface area contributed by atoms with Crippen molar-refractivity contribution in [3.05, 3.63) is 29.5 Å². The number of halogens is 2. The first-order chi connectivity index (χ1) is 3.39. The smallest absolute Gasteiger partial charge is 1.00 e. The molecule has 1 nitrogen and oxygen atoms in total. The summed E-state index contributed by atoms with van der Waals surface area (Å²) in [6.07, 6.45) is 4.18. The number of hydrogen-bond donors (Lipinski definition) is 0. The summed E-state index contributed by atoms with van der Waals surface area (Å²) in [6, 6.07) is 3.32. The predicted octanol–water partition coefficient (Wildman–Crippen LogP) is -1.84. The summed E-state index contributed by atoms with van der Waals surface area (Å²) in [5.41, 5.74) is 0. The van der Waals surface area contributed by atoms with Crippen molar-refractivity contribution in [2.45, 2.75) is 0 Å². The van der Waals surface area contributed by atoms with E-state index in [1.807, 2.05) is 0 Å². The van der Waals surface area contributed by atoms with Gasteiger partial charge in [-0.3, -0.25) is 0 Å². The van der Waals surface area contributed by atoms with Gasteiger partial charge in [0.15, 0.2) is 0 Å². The molecule has 0 aliphatic carbocycles. The standard InChI is InChI=1S/C5H3ClN.BrH.Mg/c6-5-1-3-7-4-2-5;;/h1-3H;1H;/q-1;;+2/p-1. The van der Waals surface area contributed by atoms with Crippen LogP contribution in [0.3, 0.4) is 0 Å². The monoisotopic (exact) mass is 215 g/mol. The van der Waals surface area contributed by atoms with Crippen LogP contribution in [-0.4, -0.2) is 28.0 Å². The Bertz CT molecular complexity index is 147. The van der Waals surface area contributed by atoms with Crippen LogP contribution in [-0.2, 0) is 0 Å². The normalized spacial score (nSPS) is 6.78. The molecule has 1 aromatic rings. The first-order valence-corrected chi connectivity index (χ1v) is 2.25. The van der Waals surface area contributed by atoms with Gasteiger partial charge in [-0.05, 0) is 0 Å². The number of nitrogens with zero attached hydrogens (tertiary/aromatic N) is 1. The van der Waals surface area contributed by atoms with E-state index in [-0.39, 0.29) is 40.0 Å². The van der Waals surface area contributed by atoms with Gasteiger partial charge in [-0.1, -0.05) is 17.4 Å². The molecule has 0 aliphatic rings. The first-order valence-electron chi connectivity index (χ1n) is 1.87. The van der Waals surface area contributed by atoms with E-state index in [0.717, 1.165) is 0 Å². The molecular weight excluding hydrogens is 214 g/mol. The fourth-order valence-corrected chi connectivity index (χ4v) is 0.404. The third-order valence-electron chi connectivity index (χ3n) is 0.585. The summed E-state index contributed by atoms with van der Waals surface area (Å²) >= 11 is 5.47. The van der Waals surface area contributed by atoms with E-state index in [9.17, 15) is 0 Å². The van der Waals surface area contributed by atoms with Crippen molar-refractivity contribution >= 4 is 34.7 Å². The van der Waals surface area contributed by atoms with Gasteiger partial charge in [0.25, 0.3) is 0 Å². The molecule has 0 unspecified atom stereocenters. The van der Waals surface area contributed by atoms with Crippen LogP contribution in [0.25, 0.3) is 0 Å². The molecule has 0 aliphatic heterocycles. The van der Waals surface area contributed by atoms with Crippen molar-refractivity contribution in [3.63, 3.8) is 0 Å². The summed E-state index contributed by atoms with van der Waals surface area (Å²) < 4.78 is 0. The Hall–Kier alpha value is 0.686. The average molecular weight is 217 g/mol. The summed E-state index contributed by atoms with van der Waals surface area (Å²) in [5, 5.41) is 0.676. The zero-order valence-corrected chi connectivity index (χ0v) is 8.40. The Morgan fingerprint density at radius 3 is 2.44 bits per heavy atom. The molecule has 0 aromatic carbocycles. The minimum Gasteiger partial charge on any atom is -1.00 e. The second kappa shape index (κ2) is 6.80. The van der Waals surface area contributed by atoms with E-state index >= 15 is 0 Å². The molecule has 0 spiro atoms. The van der Waals surface area contributed by atoms with Crippen molar-refractivity contribution in [1.29, 1.82) is 0 Å². The molecule has 1 rings (SSSR count). The Balaban J connectivity index is 0. The molecule has 0 fully saturated rings. The maximum atomic E-state index is 5.47. The van der Waals surface area contributed by atoms with Gasteiger partial charge in [0, 0.05) is 0 Å². The molecule has 0 atom stereocenters. The van der Waals surface area contributed by atoms with Crippen molar-refractivity contribution in [1.82, 2.24) is 4.98 Å². The van der Waals surface area contributed by atoms with Crippen molar-refractivity contribution in [3.8, 4) is 0 Å². The zero-order chi connectivity index (χ0) is 5.11. The minimum atomic E-state index is 0. The molecule has 0 bridgehead atoms. The molecule has 44 valence electrons. The van der Waals surface area contributed by atoms with Crippen LogP contribution in [0.15, 0.2) is 18.3 Å². The van der Waals surface area contributed by atoms with Crippen molar-refractivity contribution in [2.24, 2.45) is 0 Å². The molecule has 1 aromatic heterocycles. The maximum Gasteiger partial charge on any atom is 2.00 e. The van der Waals surface area contributed by atoms with Gasteiger partial charge >= 0.3 is 23.1 Å². The third-order valence-corrected chi connectivity index (χ3v) is 0.820. The Kier molecular flexibility index (Phi) is 9.35. The largest absolute Gasteiger partial charge is 2.00 e. The minimum absolute atomic E-state index is 0. The zero-order valence-electron chi connectivity index (χ0n) is 4.64. The molecule has 4 heteroatoms. The van der Waals surface area contributed by atoms with E-state index < -0.39 is 0 Å². The average Bonchev–Trinajstić information content (AvgIpc) is 1.69. The Labute approximate surface area is 85.7 Å². The van der Waals surface area contributed by atoms with Gasteiger partial charge in [0.1, 0.15) is 0 Å². The van der Waals surface area contributed by atoms with Gasteiger partial charge in [0.05, 0.1) is 0 Å². The van der Waals surface area contributed by atoms with Crippen LogP contribution in [0.1, 0.15) is 0 Å². The first kappa shape index (κ1) is 12.4. The van der Waals surface area contributed by atoms with E-state index in [1.54, 1.807) is 18.3 Å². The number of aromatic nitrogens is 1. The van der Waals surface area contributed by atoms with Gasteiger partial charge in [-0.2, -0.15) is 11.6 Å². The van der Waals surface area contributed by atoms with Gasteiger partial charge in [0.2, 0.25) is 0 Å². The fraction of sp³-hybridized carbons (Fsp3) is 0. The molecule has 0 N–H and O–H groups in total. The van der Waals surface area contributed by atoms with Gasteiger partial charge < -0.3 is 22.0 Å². The van der Waals surface area contributed by atoms with Crippen LogP contribution in [0.2, 0.25) is 5.02 Å². The topological polar surface area (TPSA) is 12.9 Å². The summed E-state index contributed by atoms with van der Waals surface area (Å²) in [7, 11) is 0. The second-order valence-corrected chi connectivity index (χ2v) is 1.54. The molecule has 9 heavy (non-hydrogen) atoms. The molecule has 0 amide bonds. The predicted molar refractivity (Wildman–Crippen MR) is 33.8 cm³/mol. The van der Waals surface area contributed by atoms with E-state index in [0.29, 0.717) is 5.02 Å². The van der Waals surface area contributed by atoms with E-state index in [1.165, 1.54) is 0 Å². The molecule has 0 saturated heterocycles.